The van der Waals surface area contributed by atoms with E-state index in [4.69, 9.17) is 4.74 Å². The van der Waals surface area contributed by atoms with Crippen LogP contribution in [0.5, 0.6) is 0 Å². The molecule has 1 amide bonds. The van der Waals surface area contributed by atoms with Gasteiger partial charge in [0.1, 0.15) is 5.82 Å². The Morgan fingerprint density at radius 1 is 1.43 bits per heavy atom. The highest BCUT2D eigenvalue weighted by atomic mass is 79.9. The molecule has 0 aliphatic carbocycles. The van der Waals surface area contributed by atoms with E-state index in [0.29, 0.717) is 25.1 Å². The third-order valence-electron chi connectivity index (χ3n) is 4.15. The third kappa shape index (κ3) is 5.41. The molecule has 4 nitrogen and oxygen atoms in total. The summed E-state index contributed by atoms with van der Waals surface area (Å²) in [5.41, 5.74) is 0.135. The van der Waals surface area contributed by atoms with E-state index in [1.807, 2.05) is 0 Å². The minimum atomic E-state index is -0.462. The molecule has 1 heterocycles. The van der Waals surface area contributed by atoms with Gasteiger partial charge in [0, 0.05) is 18.1 Å². The van der Waals surface area contributed by atoms with Gasteiger partial charge in [-0.1, -0.05) is 15.9 Å². The number of hydrogen-bond donors (Lipinski definition) is 2. The molecule has 0 spiro atoms. The Labute approximate surface area is 151 Å². The molecule has 1 saturated heterocycles. The van der Waals surface area contributed by atoms with Crippen molar-refractivity contribution in [1.29, 1.82) is 0 Å². The number of amides is 1. The highest BCUT2D eigenvalue weighted by molar-refractivity contribution is 9.10. The van der Waals surface area contributed by atoms with E-state index in [0.717, 1.165) is 30.4 Å². The Hall–Kier alpha value is -0.690. The predicted molar refractivity (Wildman–Crippen MR) is 94.5 cm³/mol. The summed E-state index contributed by atoms with van der Waals surface area (Å²) in [5.74, 6) is -0.239. The maximum atomic E-state index is 13.7. The minimum Gasteiger partial charge on any atom is -0.384 e. The maximum absolute atomic E-state index is 13.7. The number of carbonyl (C=O) groups is 1. The van der Waals surface area contributed by atoms with Crippen LogP contribution in [-0.2, 0) is 16.0 Å². The van der Waals surface area contributed by atoms with Gasteiger partial charge in [0.05, 0.1) is 12.0 Å². The van der Waals surface area contributed by atoms with Crippen molar-refractivity contribution in [3.8, 4) is 0 Å². The molecule has 0 bridgehead atoms. The van der Waals surface area contributed by atoms with Crippen molar-refractivity contribution < 1.29 is 13.9 Å². The van der Waals surface area contributed by atoms with Crippen LogP contribution in [0.4, 0.5) is 4.39 Å². The summed E-state index contributed by atoms with van der Waals surface area (Å²) in [5, 5.41) is 6.20. The summed E-state index contributed by atoms with van der Waals surface area (Å²) in [6.45, 7) is 2.48. The molecule has 130 valence electrons. The van der Waals surface area contributed by atoms with Crippen molar-refractivity contribution in [3.63, 3.8) is 0 Å². The molecule has 1 aromatic carbocycles. The van der Waals surface area contributed by atoms with Gasteiger partial charge in [0.15, 0.2) is 0 Å². The van der Waals surface area contributed by atoms with E-state index in [2.05, 4.69) is 26.6 Å². The molecule has 0 unspecified atom stereocenters. The van der Waals surface area contributed by atoms with Gasteiger partial charge < -0.3 is 15.4 Å². The molecule has 2 N–H and O–H groups in total. The van der Waals surface area contributed by atoms with Crippen LogP contribution in [0.1, 0.15) is 18.4 Å². The first kappa shape index (κ1) is 20.4. The third-order valence-corrected chi connectivity index (χ3v) is 4.64. The second kappa shape index (κ2) is 9.57. The van der Waals surface area contributed by atoms with Crippen molar-refractivity contribution in [3.05, 3.63) is 34.1 Å². The molecular weight excluding hydrogens is 387 g/mol. The van der Waals surface area contributed by atoms with Crippen LogP contribution in [0, 0.1) is 11.2 Å². The van der Waals surface area contributed by atoms with Crippen LogP contribution in [-0.4, -0.2) is 39.3 Å². The number of hydrogen-bond acceptors (Lipinski definition) is 3. The predicted octanol–water partition coefficient (Wildman–Crippen LogP) is 2.68. The number of ether oxygens (including phenoxy) is 1. The van der Waals surface area contributed by atoms with E-state index in [1.165, 1.54) is 6.07 Å². The Bertz CT molecular complexity index is 519. The first-order chi connectivity index (χ1) is 10.6. The second-order valence-electron chi connectivity index (χ2n) is 5.70. The lowest BCUT2D eigenvalue weighted by Gasteiger charge is -2.35. The van der Waals surface area contributed by atoms with E-state index >= 15 is 0 Å². The van der Waals surface area contributed by atoms with Crippen LogP contribution in [0.25, 0.3) is 0 Å². The normalized spacial score (nSPS) is 16.5. The Morgan fingerprint density at radius 3 is 2.78 bits per heavy atom. The fraction of sp³-hybridized carbons (Fsp3) is 0.562. The molecule has 1 aromatic rings. The fourth-order valence-electron chi connectivity index (χ4n) is 2.85. The number of halogens is 3. The van der Waals surface area contributed by atoms with Crippen LogP contribution >= 0.6 is 28.3 Å². The summed E-state index contributed by atoms with van der Waals surface area (Å²) in [6.07, 6.45) is 1.99. The maximum Gasteiger partial charge on any atom is 0.228 e. The Balaban J connectivity index is 0.00000264. The van der Waals surface area contributed by atoms with Crippen LogP contribution in [0.2, 0.25) is 0 Å². The fourth-order valence-corrected chi connectivity index (χ4v) is 3.26. The van der Waals surface area contributed by atoms with Crippen molar-refractivity contribution in [2.45, 2.75) is 19.3 Å². The summed E-state index contributed by atoms with van der Waals surface area (Å²) in [4.78, 5) is 12.5. The second-order valence-corrected chi connectivity index (χ2v) is 6.62. The van der Waals surface area contributed by atoms with E-state index in [9.17, 15) is 9.18 Å². The van der Waals surface area contributed by atoms with Gasteiger partial charge in [0.2, 0.25) is 5.91 Å². The minimum absolute atomic E-state index is 0. The summed E-state index contributed by atoms with van der Waals surface area (Å²) in [6, 6.07) is 4.84. The first-order valence-electron chi connectivity index (χ1n) is 7.49. The molecule has 0 saturated carbocycles. The SMILES string of the molecule is COCC1(C(=O)NCCc2cc(Br)ccc2F)CCNCC1.Cl. The molecule has 1 aliphatic heterocycles. The molecule has 1 fully saturated rings. The highest BCUT2D eigenvalue weighted by Gasteiger charge is 2.39. The van der Waals surface area contributed by atoms with E-state index in [1.54, 1.807) is 19.2 Å². The number of nitrogens with one attached hydrogen (secondary N) is 2. The Kier molecular flexibility index (Phi) is 8.47. The number of benzene rings is 1. The van der Waals surface area contributed by atoms with Gasteiger partial charge in [-0.15, -0.1) is 12.4 Å². The van der Waals surface area contributed by atoms with Crippen molar-refractivity contribution in [1.82, 2.24) is 10.6 Å². The molecule has 2 rings (SSSR count). The standard InChI is InChI=1S/C16H22BrFN2O2.ClH/c1-22-11-16(5-8-19-9-6-16)15(21)20-7-4-12-10-13(17)2-3-14(12)18;/h2-3,10,19H,4-9,11H2,1H3,(H,20,21);1H. The zero-order valence-corrected chi connectivity index (χ0v) is 15.6. The van der Waals surface area contributed by atoms with Gasteiger partial charge in [-0.05, 0) is 56.1 Å². The average Bonchev–Trinajstić information content (AvgIpc) is 2.52. The van der Waals surface area contributed by atoms with E-state index in [-0.39, 0.29) is 24.1 Å². The molecular formula is C16H23BrClFN2O2. The van der Waals surface area contributed by atoms with Gasteiger partial charge in [-0.3, -0.25) is 4.79 Å². The van der Waals surface area contributed by atoms with Crippen molar-refractivity contribution in [2.75, 3.05) is 33.4 Å². The van der Waals surface area contributed by atoms with Gasteiger partial charge >= 0.3 is 0 Å². The number of methoxy groups -OCH3 is 1. The zero-order valence-electron chi connectivity index (χ0n) is 13.2. The van der Waals surface area contributed by atoms with Gasteiger partial charge in [-0.25, -0.2) is 4.39 Å². The molecule has 23 heavy (non-hydrogen) atoms. The summed E-state index contributed by atoms with van der Waals surface area (Å²) in [7, 11) is 1.62. The highest BCUT2D eigenvalue weighted by Crippen LogP contribution is 2.29. The number of piperidine rings is 1. The smallest absolute Gasteiger partial charge is 0.228 e. The molecule has 0 aromatic heterocycles. The lowest BCUT2D eigenvalue weighted by molar-refractivity contribution is -0.136. The van der Waals surface area contributed by atoms with Gasteiger partial charge in [-0.2, -0.15) is 0 Å². The summed E-state index contributed by atoms with van der Waals surface area (Å²) >= 11 is 3.33. The van der Waals surface area contributed by atoms with Gasteiger partial charge in [0.25, 0.3) is 0 Å². The summed E-state index contributed by atoms with van der Waals surface area (Å²) < 4.78 is 19.8. The number of rotatable bonds is 6. The quantitative estimate of drug-likeness (QED) is 0.759. The average molecular weight is 410 g/mol. The molecule has 0 radical (unpaired) electrons. The first-order valence-corrected chi connectivity index (χ1v) is 8.28. The lowest BCUT2D eigenvalue weighted by Crippen LogP contribution is -2.50. The van der Waals surface area contributed by atoms with E-state index < -0.39 is 5.41 Å². The van der Waals surface area contributed by atoms with Crippen LogP contribution in [0.15, 0.2) is 22.7 Å². The topological polar surface area (TPSA) is 50.4 Å². The zero-order chi connectivity index (χ0) is 16.0. The monoisotopic (exact) mass is 408 g/mol. The lowest BCUT2D eigenvalue weighted by atomic mass is 9.78. The van der Waals surface area contributed by atoms with Crippen molar-refractivity contribution >= 4 is 34.2 Å². The largest absolute Gasteiger partial charge is 0.384 e. The number of carbonyl (C=O) groups excluding carboxylic acids is 1. The van der Waals surface area contributed by atoms with Crippen LogP contribution in [0.3, 0.4) is 0 Å². The molecule has 1 aliphatic rings. The molecule has 7 heteroatoms. The van der Waals surface area contributed by atoms with Crippen LogP contribution < -0.4 is 10.6 Å². The van der Waals surface area contributed by atoms with Crippen molar-refractivity contribution in [2.24, 2.45) is 5.41 Å². The Morgan fingerprint density at radius 2 is 2.13 bits per heavy atom. The molecule has 0 atom stereocenters.